The average molecular weight is 529 g/mol. The van der Waals surface area contributed by atoms with Gasteiger partial charge in [0.1, 0.15) is 12.1 Å². The number of carbonyl (C=O) groups excluding carboxylic acids is 2. The molecule has 1 fully saturated rings. The van der Waals surface area contributed by atoms with E-state index in [2.05, 4.69) is 10.0 Å². The molecule has 0 aliphatic carbocycles. The van der Waals surface area contributed by atoms with Crippen molar-refractivity contribution >= 4 is 38.6 Å². The van der Waals surface area contributed by atoms with Gasteiger partial charge in [0.25, 0.3) is 0 Å². The van der Waals surface area contributed by atoms with Crippen LogP contribution in [0.5, 0.6) is 0 Å². The molecule has 2 aliphatic rings. The Balaban J connectivity index is 1.41. The fourth-order valence-electron chi connectivity index (χ4n) is 4.80. The van der Waals surface area contributed by atoms with E-state index in [1.54, 1.807) is 24.3 Å². The highest BCUT2D eigenvalue weighted by Crippen LogP contribution is 2.21. The Bertz CT molecular complexity index is 1310. The summed E-state index contributed by atoms with van der Waals surface area (Å²) in [6.07, 6.45) is 5.55. The fraction of sp³-hybridized carbons (Fsp3) is 0.400. The average Bonchev–Trinajstić information content (AvgIpc) is 3.38. The molecular formula is C25H32N6O5S. The zero-order valence-corrected chi connectivity index (χ0v) is 21.2. The van der Waals surface area contributed by atoms with E-state index in [-0.39, 0.29) is 29.3 Å². The predicted octanol–water partition coefficient (Wildman–Crippen LogP) is 0.110. The molecule has 0 bridgehead atoms. The monoisotopic (exact) mass is 528 g/mol. The van der Waals surface area contributed by atoms with Crippen molar-refractivity contribution in [1.29, 1.82) is 5.41 Å². The molecule has 2 heterocycles. The second-order valence-electron chi connectivity index (χ2n) is 9.18. The molecule has 2 aromatic rings. The summed E-state index contributed by atoms with van der Waals surface area (Å²) in [6.45, 7) is 0.307. The van der Waals surface area contributed by atoms with Gasteiger partial charge in [-0.05, 0) is 42.2 Å². The normalized spacial score (nSPS) is 20.7. The summed E-state index contributed by atoms with van der Waals surface area (Å²) >= 11 is 0. The minimum Gasteiger partial charge on any atom is -0.394 e. The van der Waals surface area contributed by atoms with Crippen LogP contribution in [0.15, 0.2) is 59.5 Å². The number of aliphatic hydroxyl groups is 1. The van der Waals surface area contributed by atoms with E-state index in [0.717, 1.165) is 10.8 Å². The molecule has 0 spiro atoms. The number of amides is 2. The highest BCUT2D eigenvalue weighted by molar-refractivity contribution is 7.89. The van der Waals surface area contributed by atoms with E-state index in [9.17, 15) is 23.1 Å². The van der Waals surface area contributed by atoms with Gasteiger partial charge in [0, 0.05) is 25.7 Å². The SMILES string of the molecule is N=C(N)N1CCC=CC1C(=O)NCC1CCCN1C(=O)C(CO)NS(=O)(=O)c1ccc2ccccc2c1. The van der Waals surface area contributed by atoms with Gasteiger partial charge in [0.15, 0.2) is 5.96 Å². The first-order valence-electron chi connectivity index (χ1n) is 12.2. The van der Waals surface area contributed by atoms with Crippen molar-refractivity contribution in [2.24, 2.45) is 5.73 Å². The molecule has 2 aliphatic heterocycles. The third-order valence-electron chi connectivity index (χ3n) is 6.75. The van der Waals surface area contributed by atoms with Gasteiger partial charge in [-0.15, -0.1) is 0 Å². The summed E-state index contributed by atoms with van der Waals surface area (Å²) in [5, 5.41) is 22.1. The second kappa shape index (κ2) is 11.3. The number of sulfonamides is 1. The number of guanidine groups is 1. The Morgan fingerprint density at radius 1 is 1.14 bits per heavy atom. The van der Waals surface area contributed by atoms with Gasteiger partial charge >= 0.3 is 0 Å². The lowest BCUT2D eigenvalue weighted by Crippen LogP contribution is -2.56. The first kappa shape index (κ1) is 26.6. The van der Waals surface area contributed by atoms with Gasteiger partial charge in [-0.3, -0.25) is 15.0 Å². The molecule has 3 unspecified atom stereocenters. The molecule has 1 saturated heterocycles. The number of hydrogen-bond donors (Lipinski definition) is 5. The number of nitrogens with zero attached hydrogens (tertiary/aromatic N) is 2. The Hall–Kier alpha value is -3.48. The maximum atomic E-state index is 13.3. The fourth-order valence-corrected chi connectivity index (χ4v) is 6.01. The summed E-state index contributed by atoms with van der Waals surface area (Å²) in [6, 6.07) is 9.59. The number of aliphatic hydroxyl groups excluding tert-OH is 1. The van der Waals surface area contributed by atoms with Gasteiger partial charge in [-0.25, -0.2) is 8.42 Å². The molecule has 0 saturated carbocycles. The van der Waals surface area contributed by atoms with Crippen molar-refractivity contribution in [3.05, 3.63) is 54.6 Å². The Kier molecular flexibility index (Phi) is 8.10. The number of benzene rings is 2. The summed E-state index contributed by atoms with van der Waals surface area (Å²) in [5.41, 5.74) is 5.61. The lowest BCUT2D eigenvalue weighted by Gasteiger charge is -2.33. The van der Waals surface area contributed by atoms with E-state index in [0.29, 0.717) is 32.4 Å². The smallest absolute Gasteiger partial charge is 0.246 e. The minimum atomic E-state index is -4.08. The van der Waals surface area contributed by atoms with Crippen LogP contribution in [0.25, 0.3) is 10.8 Å². The summed E-state index contributed by atoms with van der Waals surface area (Å²) in [4.78, 5) is 29.0. The van der Waals surface area contributed by atoms with Crippen molar-refractivity contribution in [3.63, 3.8) is 0 Å². The van der Waals surface area contributed by atoms with Crippen LogP contribution in [0, 0.1) is 5.41 Å². The van der Waals surface area contributed by atoms with Crippen LogP contribution >= 0.6 is 0 Å². The number of rotatable bonds is 8. The lowest BCUT2D eigenvalue weighted by atomic mass is 10.1. The molecular weight excluding hydrogens is 496 g/mol. The Morgan fingerprint density at radius 2 is 1.89 bits per heavy atom. The second-order valence-corrected chi connectivity index (χ2v) is 10.9. The number of likely N-dealkylation sites (tertiary alicyclic amines) is 1. The van der Waals surface area contributed by atoms with Crippen molar-refractivity contribution in [3.8, 4) is 0 Å². The number of fused-ring (bicyclic) bond motifs is 1. The van der Waals surface area contributed by atoms with E-state index >= 15 is 0 Å². The zero-order valence-electron chi connectivity index (χ0n) is 20.3. The maximum absolute atomic E-state index is 13.3. The van der Waals surface area contributed by atoms with E-state index < -0.39 is 34.6 Å². The van der Waals surface area contributed by atoms with Crippen molar-refractivity contribution < 1.29 is 23.1 Å². The first-order valence-corrected chi connectivity index (χ1v) is 13.7. The molecule has 37 heavy (non-hydrogen) atoms. The molecule has 3 atom stereocenters. The van der Waals surface area contributed by atoms with Crippen LogP contribution in [-0.4, -0.2) is 85.5 Å². The van der Waals surface area contributed by atoms with Crippen LogP contribution in [0.2, 0.25) is 0 Å². The van der Waals surface area contributed by atoms with Crippen LogP contribution in [0.4, 0.5) is 0 Å². The topological polar surface area (TPSA) is 169 Å². The summed E-state index contributed by atoms with van der Waals surface area (Å²) < 4.78 is 28.4. The molecule has 198 valence electrons. The molecule has 2 aromatic carbocycles. The number of nitrogens with two attached hydrogens (primary N) is 1. The molecule has 11 nitrogen and oxygen atoms in total. The van der Waals surface area contributed by atoms with Gasteiger partial charge in [-0.2, -0.15) is 4.72 Å². The standard InChI is InChI=1S/C25H32N6O5S/c26-25(27)31-12-4-3-9-22(31)23(33)28-15-19-8-5-13-30(19)24(34)21(16-32)29-37(35,36)20-11-10-17-6-1-2-7-18(17)14-20/h1-3,6-7,9-11,14,19,21-22,29,32H,4-5,8,12-13,15-16H2,(H3,26,27)(H,28,33). The van der Waals surface area contributed by atoms with E-state index in [1.165, 1.54) is 21.9 Å². The quantitative estimate of drug-likeness (QED) is 0.184. The molecule has 4 rings (SSSR count). The third kappa shape index (κ3) is 5.92. The zero-order chi connectivity index (χ0) is 26.6. The van der Waals surface area contributed by atoms with Crippen LogP contribution in [-0.2, 0) is 19.6 Å². The molecule has 12 heteroatoms. The molecule has 0 radical (unpaired) electrons. The summed E-state index contributed by atoms with van der Waals surface area (Å²) in [5.74, 6) is -1.07. The van der Waals surface area contributed by atoms with Gasteiger partial charge in [0.2, 0.25) is 21.8 Å². The summed E-state index contributed by atoms with van der Waals surface area (Å²) in [7, 11) is -4.08. The van der Waals surface area contributed by atoms with E-state index in [1.807, 2.05) is 18.2 Å². The highest BCUT2D eigenvalue weighted by atomic mass is 32.2. The minimum absolute atomic E-state index is 0.00162. The number of nitrogens with one attached hydrogen (secondary N) is 3. The number of hydrogen-bond acceptors (Lipinski definition) is 6. The Morgan fingerprint density at radius 3 is 2.62 bits per heavy atom. The van der Waals surface area contributed by atoms with Crippen LogP contribution in [0.1, 0.15) is 19.3 Å². The van der Waals surface area contributed by atoms with Crippen molar-refractivity contribution in [2.45, 2.75) is 42.3 Å². The number of carbonyl (C=O) groups is 2. The van der Waals surface area contributed by atoms with Crippen molar-refractivity contribution in [2.75, 3.05) is 26.2 Å². The predicted molar refractivity (Wildman–Crippen MR) is 139 cm³/mol. The highest BCUT2D eigenvalue weighted by Gasteiger charge is 2.36. The van der Waals surface area contributed by atoms with Gasteiger partial charge in [0.05, 0.1) is 11.5 Å². The molecule has 0 aromatic heterocycles. The lowest BCUT2D eigenvalue weighted by molar-refractivity contribution is -0.135. The van der Waals surface area contributed by atoms with E-state index in [4.69, 9.17) is 11.1 Å². The first-order chi connectivity index (χ1) is 17.7. The van der Waals surface area contributed by atoms with Gasteiger partial charge < -0.3 is 26.0 Å². The maximum Gasteiger partial charge on any atom is 0.246 e. The third-order valence-corrected chi connectivity index (χ3v) is 8.22. The van der Waals surface area contributed by atoms with Crippen LogP contribution in [0.3, 0.4) is 0 Å². The Labute approximate surface area is 215 Å². The van der Waals surface area contributed by atoms with Crippen molar-refractivity contribution in [1.82, 2.24) is 19.8 Å². The van der Waals surface area contributed by atoms with Crippen LogP contribution < -0.4 is 15.8 Å². The molecule has 2 amide bonds. The molecule has 6 N–H and O–H groups in total. The largest absolute Gasteiger partial charge is 0.394 e. The van der Waals surface area contributed by atoms with Gasteiger partial charge in [-0.1, -0.05) is 42.5 Å².